The van der Waals surface area contributed by atoms with E-state index in [-0.39, 0.29) is 0 Å². The van der Waals surface area contributed by atoms with E-state index >= 15 is 0 Å². The summed E-state index contributed by atoms with van der Waals surface area (Å²) in [5, 5.41) is 3.38. The highest BCUT2D eigenvalue weighted by atomic mass is 16.5. The molecule has 0 aliphatic carbocycles. The number of ether oxygens (including phenoxy) is 1. The second kappa shape index (κ2) is 8.13. The molecule has 1 aromatic rings. The first-order chi connectivity index (χ1) is 8.22. The zero-order valence-corrected chi connectivity index (χ0v) is 11.3. The molecule has 0 aromatic heterocycles. The number of rotatable bonds is 8. The fraction of sp³-hybridized carbons (Fsp3) is 0.600. The minimum absolute atomic E-state index is 0.726. The summed E-state index contributed by atoms with van der Waals surface area (Å²) in [7, 11) is 0. The van der Waals surface area contributed by atoms with E-state index in [1.54, 1.807) is 0 Å². The van der Waals surface area contributed by atoms with Gasteiger partial charge >= 0.3 is 0 Å². The molecule has 0 atom stereocenters. The van der Waals surface area contributed by atoms with E-state index in [1.165, 1.54) is 11.3 Å². The molecule has 0 saturated heterocycles. The lowest BCUT2D eigenvalue weighted by molar-refractivity contribution is 0.132. The number of aryl methyl sites for hydroxylation is 1. The summed E-state index contributed by atoms with van der Waals surface area (Å²) in [6.45, 7) is 9.15. The van der Waals surface area contributed by atoms with E-state index in [4.69, 9.17) is 4.74 Å². The Bertz CT molecular complexity index is 310. The summed E-state index contributed by atoms with van der Waals surface area (Å²) in [5.41, 5.74) is 2.56. The third-order valence-corrected chi connectivity index (χ3v) is 2.75. The first-order valence-electron chi connectivity index (χ1n) is 6.63. The zero-order valence-electron chi connectivity index (χ0n) is 11.3. The number of nitrogens with one attached hydrogen (secondary N) is 1. The molecular weight excluding hydrogens is 210 g/mol. The average Bonchev–Trinajstić information content (AvgIpc) is 2.33. The van der Waals surface area contributed by atoms with Gasteiger partial charge in [0.2, 0.25) is 0 Å². The summed E-state index contributed by atoms with van der Waals surface area (Å²) in [6, 6.07) is 8.56. The molecule has 96 valence electrons. The topological polar surface area (TPSA) is 21.3 Å². The molecule has 0 unspecified atom stereocenters. The van der Waals surface area contributed by atoms with Crippen molar-refractivity contribution >= 4 is 5.69 Å². The Balaban J connectivity index is 2.13. The molecule has 0 fully saturated rings. The fourth-order valence-corrected chi connectivity index (χ4v) is 1.59. The van der Waals surface area contributed by atoms with Crippen LogP contribution in [0.5, 0.6) is 0 Å². The summed E-state index contributed by atoms with van der Waals surface area (Å²) in [5.74, 6) is 0.726. The molecule has 1 N–H and O–H groups in total. The second-order valence-corrected chi connectivity index (χ2v) is 4.78. The van der Waals surface area contributed by atoms with Crippen LogP contribution in [0.15, 0.2) is 24.3 Å². The van der Waals surface area contributed by atoms with Crippen LogP contribution in [0.3, 0.4) is 0 Å². The van der Waals surface area contributed by atoms with Gasteiger partial charge in [0.15, 0.2) is 0 Å². The Morgan fingerprint density at radius 3 is 2.76 bits per heavy atom. The summed E-state index contributed by atoms with van der Waals surface area (Å²) in [6.07, 6.45) is 2.23. The lowest BCUT2D eigenvalue weighted by Gasteiger charge is -2.09. The van der Waals surface area contributed by atoms with Crippen molar-refractivity contribution < 1.29 is 4.74 Å². The molecule has 1 rings (SSSR count). The van der Waals surface area contributed by atoms with Gasteiger partial charge in [-0.1, -0.05) is 32.9 Å². The SMILES string of the molecule is CCc1cccc(NCCOCCC(C)C)c1. The van der Waals surface area contributed by atoms with Gasteiger partial charge < -0.3 is 10.1 Å². The van der Waals surface area contributed by atoms with E-state index in [9.17, 15) is 0 Å². The van der Waals surface area contributed by atoms with Crippen LogP contribution in [0.1, 0.15) is 32.8 Å². The lowest BCUT2D eigenvalue weighted by Crippen LogP contribution is -2.10. The van der Waals surface area contributed by atoms with Crippen LogP contribution >= 0.6 is 0 Å². The normalized spacial score (nSPS) is 10.8. The van der Waals surface area contributed by atoms with Crippen LogP contribution in [0.2, 0.25) is 0 Å². The van der Waals surface area contributed by atoms with Crippen LogP contribution in [-0.2, 0) is 11.2 Å². The Labute approximate surface area is 105 Å². The van der Waals surface area contributed by atoms with Crippen LogP contribution in [-0.4, -0.2) is 19.8 Å². The summed E-state index contributed by atoms with van der Waals surface area (Å²) in [4.78, 5) is 0. The van der Waals surface area contributed by atoms with Crippen molar-refractivity contribution in [1.29, 1.82) is 0 Å². The number of anilines is 1. The highest BCUT2D eigenvalue weighted by Gasteiger charge is 1.95. The third kappa shape index (κ3) is 6.32. The maximum absolute atomic E-state index is 5.56. The molecule has 1 aromatic carbocycles. The van der Waals surface area contributed by atoms with E-state index < -0.39 is 0 Å². The van der Waals surface area contributed by atoms with Crippen LogP contribution in [0.4, 0.5) is 5.69 Å². The van der Waals surface area contributed by atoms with Crippen molar-refractivity contribution in [2.75, 3.05) is 25.1 Å². The summed E-state index contributed by atoms with van der Waals surface area (Å²) < 4.78 is 5.56. The Morgan fingerprint density at radius 1 is 1.24 bits per heavy atom. The molecule has 0 aliphatic heterocycles. The molecule has 0 heterocycles. The van der Waals surface area contributed by atoms with Gasteiger partial charge in [-0.15, -0.1) is 0 Å². The predicted molar refractivity (Wildman–Crippen MR) is 74.6 cm³/mol. The smallest absolute Gasteiger partial charge is 0.0639 e. The Morgan fingerprint density at radius 2 is 2.06 bits per heavy atom. The van der Waals surface area contributed by atoms with Crippen LogP contribution in [0, 0.1) is 5.92 Å². The highest BCUT2D eigenvalue weighted by molar-refractivity contribution is 5.45. The first-order valence-corrected chi connectivity index (χ1v) is 6.63. The first kappa shape index (κ1) is 14.0. The molecule has 0 amide bonds. The van der Waals surface area contributed by atoms with Gasteiger partial charge in [0.1, 0.15) is 0 Å². The van der Waals surface area contributed by atoms with Gasteiger partial charge in [0, 0.05) is 18.8 Å². The number of hydrogen-bond donors (Lipinski definition) is 1. The van der Waals surface area contributed by atoms with Gasteiger partial charge in [-0.2, -0.15) is 0 Å². The van der Waals surface area contributed by atoms with Gasteiger partial charge in [-0.3, -0.25) is 0 Å². The van der Waals surface area contributed by atoms with Crippen molar-refractivity contribution in [3.63, 3.8) is 0 Å². The minimum atomic E-state index is 0.726. The monoisotopic (exact) mass is 235 g/mol. The molecular formula is C15H25NO. The maximum Gasteiger partial charge on any atom is 0.0639 e. The molecule has 0 saturated carbocycles. The van der Waals surface area contributed by atoms with Crippen molar-refractivity contribution in [2.24, 2.45) is 5.92 Å². The molecule has 2 heteroatoms. The largest absolute Gasteiger partial charge is 0.383 e. The van der Waals surface area contributed by atoms with E-state index in [2.05, 4.69) is 50.4 Å². The number of hydrogen-bond acceptors (Lipinski definition) is 2. The standard InChI is InChI=1S/C15H25NO/c1-4-14-6-5-7-15(12-14)16-9-11-17-10-8-13(2)3/h5-7,12-13,16H,4,8-11H2,1-3H3. The fourth-order valence-electron chi connectivity index (χ4n) is 1.59. The van der Waals surface area contributed by atoms with Gasteiger partial charge in [0.25, 0.3) is 0 Å². The van der Waals surface area contributed by atoms with Gasteiger partial charge in [-0.05, 0) is 36.5 Å². The molecule has 0 spiro atoms. The van der Waals surface area contributed by atoms with E-state index in [1.807, 2.05) is 0 Å². The molecule has 0 aliphatic rings. The summed E-state index contributed by atoms with van der Waals surface area (Å²) >= 11 is 0. The zero-order chi connectivity index (χ0) is 12.5. The lowest BCUT2D eigenvalue weighted by atomic mass is 10.1. The van der Waals surface area contributed by atoms with Crippen LogP contribution in [0.25, 0.3) is 0 Å². The average molecular weight is 235 g/mol. The molecule has 17 heavy (non-hydrogen) atoms. The Hall–Kier alpha value is -1.02. The van der Waals surface area contributed by atoms with Gasteiger partial charge in [-0.25, -0.2) is 0 Å². The van der Waals surface area contributed by atoms with Crippen molar-refractivity contribution in [3.05, 3.63) is 29.8 Å². The minimum Gasteiger partial charge on any atom is -0.383 e. The molecule has 2 nitrogen and oxygen atoms in total. The van der Waals surface area contributed by atoms with Gasteiger partial charge in [0.05, 0.1) is 6.61 Å². The quantitative estimate of drug-likeness (QED) is 0.693. The van der Waals surface area contributed by atoms with E-state index in [0.29, 0.717) is 0 Å². The van der Waals surface area contributed by atoms with E-state index in [0.717, 1.165) is 38.5 Å². The van der Waals surface area contributed by atoms with Crippen molar-refractivity contribution in [3.8, 4) is 0 Å². The number of benzene rings is 1. The predicted octanol–water partition coefficient (Wildman–Crippen LogP) is 3.72. The van der Waals surface area contributed by atoms with Crippen LogP contribution < -0.4 is 5.32 Å². The molecule has 0 radical (unpaired) electrons. The molecule has 0 bridgehead atoms. The van der Waals surface area contributed by atoms with Crippen molar-refractivity contribution in [2.45, 2.75) is 33.6 Å². The second-order valence-electron chi connectivity index (χ2n) is 4.78. The third-order valence-electron chi connectivity index (χ3n) is 2.75. The van der Waals surface area contributed by atoms with Crippen molar-refractivity contribution in [1.82, 2.24) is 0 Å². The maximum atomic E-state index is 5.56. The highest BCUT2D eigenvalue weighted by Crippen LogP contribution is 2.10. The Kier molecular flexibility index (Phi) is 6.71.